The largest absolute Gasteiger partial charge is 0.493 e. The highest BCUT2D eigenvalue weighted by Gasteiger charge is 2.46. The first-order chi connectivity index (χ1) is 11.3. The van der Waals surface area contributed by atoms with Crippen molar-refractivity contribution in [3.05, 3.63) is 28.7 Å². The van der Waals surface area contributed by atoms with E-state index >= 15 is 0 Å². The maximum atomic E-state index is 12.6. The van der Waals surface area contributed by atoms with Crippen molar-refractivity contribution >= 4 is 21.9 Å². The fourth-order valence-electron chi connectivity index (χ4n) is 2.39. The number of ether oxygens (including phenoxy) is 2. The minimum atomic E-state index is -5.01. The second-order valence-electron chi connectivity index (χ2n) is 5.51. The summed E-state index contributed by atoms with van der Waals surface area (Å²) in [7, 11) is 0. The molecule has 0 aromatic heterocycles. The number of hydrogen-bond acceptors (Lipinski definition) is 5. The number of carbonyl (C=O) groups is 1. The van der Waals surface area contributed by atoms with Crippen molar-refractivity contribution in [2.24, 2.45) is 0 Å². The lowest BCUT2D eigenvalue weighted by Gasteiger charge is -2.32. The van der Waals surface area contributed by atoms with Crippen LogP contribution in [0.25, 0.3) is 0 Å². The third kappa shape index (κ3) is 5.64. The summed E-state index contributed by atoms with van der Waals surface area (Å²) >= 11 is 3.30. The molecule has 1 atom stereocenters. The summed E-state index contributed by atoms with van der Waals surface area (Å²) in [4.78, 5) is 11.3. The van der Waals surface area contributed by atoms with Gasteiger partial charge in [0.25, 0.3) is 0 Å². The number of halogens is 4. The standard InChI is InChI=1S/C15H18BrF3N2O3/c16-11-2-4-12(5-3-11)23-9-7-14(6-1-8-20-21-10-14)24-13(22)15(17,18)19/h2-5,20-21H,1,6-10H2. The van der Waals surface area contributed by atoms with E-state index in [0.717, 1.165) is 4.47 Å². The molecule has 0 radical (unpaired) electrons. The molecule has 1 fully saturated rings. The van der Waals surface area contributed by atoms with Gasteiger partial charge in [0.2, 0.25) is 0 Å². The number of nitrogens with one attached hydrogen (secondary N) is 2. The van der Waals surface area contributed by atoms with Crippen LogP contribution in [0, 0.1) is 0 Å². The van der Waals surface area contributed by atoms with Crippen LogP contribution in [-0.2, 0) is 9.53 Å². The van der Waals surface area contributed by atoms with Gasteiger partial charge in [0.1, 0.15) is 11.4 Å². The Hall–Kier alpha value is -1.32. The Bertz CT molecular complexity index is 544. The lowest BCUT2D eigenvalue weighted by Crippen LogP contribution is -2.48. The van der Waals surface area contributed by atoms with Crippen molar-refractivity contribution in [3.63, 3.8) is 0 Å². The average Bonchev–Trinajstić information content (AvgIpc) is 2.74. The average molecular weight is 411 g/mol. The summed E-state index contributed by atoms with van der Waals surface area (Å²) in [6, 6.07) is 7.08. The van der Waals surface area contributed by atoms with Crippen LogP contribution in [0.4, 0.5) is 13.2 Å². The molecule has 1 aliphatic rings. The van der Waals surface area contributed by atoms with Gasteiger partial charge in [-0.3, -0.25) is 10.9 Å². The Kier molecular flexibility index (Phi) is 6.47. The second kappa shape index (κ2) is 8.17. The van der Waals surface area contributed by atoms with Gasteiger partial charge in [-0.25, -0.2) is 4.79 Å². The third-order valence-electron chi connectivity index (χ3n) is 3.65. The number of rotatable bonds is 5. The molecular formula is C15H18BrF3N2O3. The first kappa shape index (κ1) is 19.0. The maximum absolute atomic E-state index is 12.6. The van der Waals surface area contributed by atoms with Crippen LogP contribution in [0.15, 0.2) is 28.7 Å². The molecule has 1 unspecified atom stereocenters. The molecule has 1 heterocycles. The van der Waals surface area contributed by atoms with Gasteiger partial charge in [0.05, 0.1) is 13.2 Å². The van der Waals surface area contributed by atoms with Gasteiger partial charge in [-0.2, -0.15) is 13.2 Å². The zero-order chi connectivity index (χ0) is 17.6. The maximum Gasteiger partial charge on any atom is 0.490 e. The third-order valence-corrected chi connectivity index (χ3v) is 4.18. The minimum Gasteiger partial charge on any atom is -0.493 e. The van der Waals surface area contributed by atoms with Crippen LogP contribution >= 0.6 is 15.9 Å². The van der Waals surface area contributed by atoms with Crippen molar-refractivity contribution in [2.45, 2.75) is 31.0 Å². The quantitative estimate of drug-likeness (QED) is 0.730. The normalized spacial score (nSPS) is 21.8. The van der Waals surface area contributed by atoms with Crippen molar-refractivity contribution in [2.75, 3.05) is 19.7 Å². The zero-order valence-electron chi connectivity index (χ0n) is 12.8. The van der Waals surface area contributed by atoms with Crippen LogP contribution in [0.3, 0.4) is 0 Å². The molecule has 2 N–H and O–H groups in total. The predicted molar refractivity (Wildman–Crippen MR) is 84.4 cm³/mol. The smallest absolute Gasteiger partial charge is 0.490 e. The molecule has 24 heavy (non-hydrogen) atoms. The van der Waals surface area contributed by atoms with Crippen LogP contribution in [-0.4, -0.2) is 37.4 Å². The van der Waals surface area contributed by atoms with E-state index in [2.05, 4.69) is 26.8 Å². The van der Waals surface area contributed by atoms with Gasteiger partial charge in [-0.05, 0) is 37.1 Å². The summed E-state index contributed by atoms with van der Waals surface area (Å²) in [5.41, 5.74) is 4.40. The molecule has 5 nitrogen and oxygen atoms in total. The van der Waals surface area contributed by atoms with Gasteiger partial charge < -0.3 is 9.47 Å². The Morgan fingerprint density at radius 1 is 1.25 bits per heavy atom. The number of alkyl halides is 3. The number of benzene rings is 1. The Balaban J connectivity index is 1.99. The highest BCUT2D eigenvalue weighted by Crippen LogP contribution is 2.28. The number of hydrogen-bond donors (Lipinski definition) is 2. The SMILES string of the molecule is O=C(OC1(CCOc2ccc(Br)cc2)CCCNNC1)C(F)(F)F. The summed E-state index contributed by atoms with van der Waals surface area (Å²) in [6.45, 7) is 0.797. The van der Waals surface area contributed by atoms with Gasteiger partial charge in [-0.1, -0.05) is 15.9 Å². The monoisotopic (exact) mass is 410 g/mol. The van der Waals surface area contributed by atoms with Gasteiger partial charge in [0, 0.05) is 17.4 Å². The van der Waals surface area contributed by atoms with Crippen LogP contribution in [0.5, 0.6) is 5.75 Å². The van der Waals surface area contributed by atoms with Gasteiger partial charge in [0.15, 0.2) is 0 Å². The molecule has 0 bridgehead atoms. The van der Waals surface area contributed by atoms with E-state index in [1.165, 1.54) is 0 Å². The van der Waals surface area contributed by atoms with Crippen LogP contribution < -0.4 is 15.6 Å². The summed E-state index contributed by atoms with van der Waals surface area (Å²) in [6.07, 6.45) is -3.96. The fraction of sp³-hybridized carbons (Fsp3) is 0.533. The van der Waals surface area contributed by atoms with E-state index in [4.69, 9.17) is 9.47 Å². The Morgan fingerprint density at radius 3 is 2.62 bits per heavy atom. The molecule has 0 aliphatic carbocycles. The molecule has 134 valence electrons. The summed E-state index contributed by atoms with van der Waals surface area (Å²) in [5, 5.41) is 0. The molecule has 1 aromatic carbocycles. The first-order valence-corrected chi connectivity index (χ1v) is 8.24. The molecule has 1 aromatic rings. The molecule has 0 spiro atoms. The zero-order valence-corrected chi connectivity index (χ0v) is 14.4. The van der Waals surface area contributed by atoms with E-state index in [1.807, 2.05) is 0 Å². The molecular weight excluding hydrogens is 393 g/mol. The topological polar surface area (TPSA) is 59.6 Å². The van der Waals surface area contributed by atoms with Gasteiger partial charge >= 0.3 is 12.1 Å². The van der Waals surface area contributed by atoms with E-state index in [1.54, 1.807) is 24.3 Å². The van der Waals surface area contributed by atoms with E-state index in [0.29, 0.717) is 25.1 Å². The second-order valence-corrected chi connectivity index (χ2v) is 6.42. The summed E-state index contributed by atoms with van der Waals surface area (Å²) < 4.78 is 48.9. The van der Waals surface area contributed by atoms with Crippen molar-refractivity contribution in [1.29, 1.82) is 0 Å². The highest BCUT2D eigenvalue weighted by atomic mass is 79.9. The van der Waals surface area contributed by atoms with Crippen molar-refractivity contribution in [1.82, 2.24) is 10.9 Å². The molecule has 9 heteroatoms. The van der Waals surface area contributed by atoms with E-state index in [9.17, 15) is 18.0 Å². The lowest BCUT2D eigenvalue weighted by atomic mass is 9.94. The molecule has 1 aliphatic heterocycles. The fourth-order valence-corrected chi connectivity index (χ4v) is 2.66. The van der Waals surface area contributed by atoms with Crippen LogP contribution in [0.1, 0.15) is 19.3 Å². The Morgan fingerprint density at radius 2 is 1.96 bits per heavy atom. The first-order valence-electron chi connectivity index (χ1n) is 7.45. The van der Waals surface area contributed by atoms with Crippen LogP contribution in [0.2, 0.25) is 0 Å². The number of hydrazine groups is 1. The predicted octanol–water partition coefficient (Wildman–Crippen LogP) is 2.95. The minimum absolute atomic E-state index is 0.0819. The molecule has 0 amide bonds. The molecule has 1 saturated heterocycles. The van der Waals surface area contributed by atoms with Crippen molar-refractivity contribution in [3.8, 4) is 5.75 Å². The summed E-state index contributed by atoms with van der Waals surface area (Å²) in [5.74, 6) is -1.58. The number of esters is 1. The van der Waals surface area contributed by atoms with Crippen molar-refractivity contribution < 1.29 is 27.4 Å². The van der Waals surface area contributed by atoms with E-state index in [-0.39, 0.29) is 19.6 Å². The van der Waals surface area contributed by atoms with Gasteiger partial charge in [-0.15, -0.1) is 0 Å². The Labute approximate surface area is 146 Å². The highest BCUT2D eigenvalue weighted by molar-refractivity contribution is 9.10. The van der Waals surface area contributed by atoms with E-state index < -0.39 is 17.7 Å². The lowest BCUT2D eigenvalue weighted by molar-refractivity contribution is -0.215. The number of carbonyl (C=O) groups excluding carboxylic acids is 1. The molecule has 2 rings (SSSR count). The molecule has 0 saturated carbocycles.